The van der Waals surface area contributed by atoms with Gasteiger partial charge in [-0.3, -0.25) is 0 Å². The zero-order valence-electron chi connectivity index (χ0n) is 8.29. The van der Waals surface area contributed by atoms with E-state index in [-0.39, 0.29) is 6.10 Å². The highest BCUT2D eigenvalue weighted by molar-refractivity contribution is 4.71. The van der Waals surface area contributed by atoms with Crippen molar-refractivity contribution in [1.82, 2.24) is 4.90 Å². The maximum absolute atomic E-state index is 9.29. The molecule has 1 aliphatic rings. The second-order valence-corrected chi connectivity index (χ2v) is 4.27. The van der Waals surface area contributed by atoms with Gasteiger partial charge in [0, 0.05) is 0 Å². The Kier molecular flexibility index (Phi) is 4.02. The Bertz CT molecular complexity index is 117. The summed E-state index contributed by atoms with van der Waals surface area (Å²) < 4.78 is 0. The summed E-state index contributed by atoms with van der Waals surface area (Å²) in [4.78, 5) is 2.24. The number of hydrogen-bond donors (Lipinski definition) is 1. The Labute approximate surface area is 75.6 Å². The van der Waals surface area contributed by atoms with Gasteiger partial charge in [0.1, 0.15) is 0 Å². The minimum absolute atomic E-state index is 0.000561. The second-order valence-electron chi connectivity index (χ2n) is 4.27. The first-order chi connectivity index (χ1) is 5.68. The molecule has 0 spiro atoms. The van der Waals surface area contributed by atoms with Gasteiger partial charge in [0.15, 0.2) is 0 Å². The zero-order valence-corrected chi connectivity index (χ0v) is 8.29. The monoisotopic (exact) mass is 171 g/mol. The van der Waals surface area contributed by atoms with Gasteiger partial charge in [-0.1, -0.05) is 0 Å². The van der Waals surface area contributed by atoms with Crippen LogP contribution in [0.5, 0.6) is 0 Å². The Morgan fingerprint density at radius 1 is 1.17 bits per heavy atom. The molecular formula is C10H21NO. The molecule has 1 aliphatic carbocycles. The van der Waals surface area contributed by atoms with Crippen LogP contribution in [0.25, 0.3) is 0 Å². The molecule has 0 atom stereocenters. The average Bonchev–Trinajstić information content (AvgIpc) is 2.03. The van der Waals surface area contributed by atoms with E-state index in [1.807, 2.05) is 0 Å². The van der Waals surface area contributed by atoms with Gasteiger partial charge in [-0.15, -0.1) is 0 Å². The standard InChI is InChI=1S/C10H21NO/c1-11(2)8-7-9-3-5-10(12)6-4-9/h9-10,12H,3-8H2,1-2H3. The van der Waals surface area contributed by atoms with Crippen LogP contribution in [0.3, 0.4) is 0 Å². The van der Waals surface area contributed by atoms with E-state index in [2.05, 4.69) is 19.0 Å². The molecule has 2 nitrogen and oxygen atoms in total. The molecule has 0 radical (unpaired) electrons. The summed E-state index contributed by atoms with van der Waals surface area (Å²) >= 11 is 0. The third-order valence-electron chi connectivity index (χ3n) is 2.80. The van der Waals surface area contributed by atoms with Crippen molar-refractivity contribution in [2.45, 2.75) is 38.2 Å². The summed E-state index contributed by atoms with van der Waals surface area (Å²) in [5.41, 5.74) is 0. The highest BCUT2D eigenvalue weighted by Crippen LogP contribution is 2.26. The molecule has 2 heteroatoms. The molecule has 0 aromatic heterocycles. The number of hydrogen-bond acceptors (Lipinski definition) is 2. The first-order valence-electron chi connectivity index (χ1n) is 5.01. The quantitative estimate of drug-likeness (QED) is 0.695. The SMILES string of the molecule is CN(C)CCC1CCC(O)CC1. The van der Waals surface area contributed by atoms with Gasteiger partial charge in [-0.25, -0.2) is 0 Å². The molecule has 72 valence electrons. The summed E-state index contributed by atoms with van der Waals surface area (Å²) in [5.74, 6) is 0.871. The zero-order chi connectivity index (χ0) is 8.97. The molecule has 0 aromatic rings. The Hall–Kier alpha value is -0.0800. The van der Waals surface area contributed by atoms with Crippen LogP contribution in [0.4, 0.5) is 0 Å². The molecule has 0 heterocycles. The fraction of sp³-hybridized carbons (Fsp3) is 1.00. The first-order valence-corrected chi connectivity index (χ1v) is 5.01. The predicted octanol–water partition coefficient (Wildman–Crippen LogP) is 1.49. The van der Waals surface area contributed by atoms with Crippen LogP contribution in [-0.2, 0) is 0 Å². The summed E-state index contributed by atoms with van der Waals surface area (Å²) in [6.45, 7) is 1.20. The average molecular weight is 171 g/mol. The van der Waals surface area contributed by atoms with Crippen LogP contribution in [0, 0.1) is 5.92 Å². The van der Waals surface area contributed by atoms with E-state index >= 15 is 0 Å². The van der Waals surface area contributed by atoms with Crippen LogP contribution < -0.4 is 0 Å². The Morgan fingerprint density at radius 2 is 1.75 bits per heavy atom. The third-order valence-corrected chi connectivity index (χ3v) is 2.80. The number of rotatable bonds is 3. The van der Waals surface area contributed by atoms with E-state index in [1.54, 1.807) is 0 Å². The van der Waals surface area contributed by atoms with Crippen LogP contribution in [0.1, 0.15) is 32.1 Å². The minimum Gasteiger partial charge on any atom is -0.393 e. The first kappa shape index (κ1) is 10.0. The lowest BCUT2D eigenvalue weighted by Crippen LogP contribution is -2.22. The van der Waals surface area contributed by atoms with Gasteiger partial charge in [0.05, 0.1) is 6.10 Å². The van der Waals surface area contributed by atoms with Crippen molar-refractivity contribution in [1.29, 1.82) is 0 Å². The fourth-order valence-corrected chi connectivity index (χ4v) is 1.87. The van der Waals surface area contributed by atoms with E-state index in [0.29, 0.717) is 0 Å². The smallest absolute Gasteiger partial charge is 0.0540 e. The van der Waals surface area contributed by atoms with Crippen molar-refractivity contribution in [2.24, 2.45) is 5.92 Å². The molecule has 1 N–H and O–H groups in total. The molecule has 1 rings (SSSR count). The maximum atomic E-state index is 9.29. The molecule has 0 bridgehead atoms. The number of aliphatic hydroxyl groups excluding tert-OH is 1. The molecule has 1 saturated carbocycles. The second kappa shape index (κ2) is 4.83. The van der Waals surface area contributed by atoms with E-state index in [9.17, 15) is 5.11 Å². The van der Waals surface area contributed by atoms with Gasteiger partial charge < -0.3 is 10.0 Å². The molecule has 0 saturated heterocycles. The molecule has 0 amide bonds. The number of nitrogens with zero attached hydrogens (tertiary/aromatic N) is 1. The molecule has 1 fully saturated rings. The van der Waals surface area contributed by atoms with Crippen molar-refractivity contribution in [2.75, 3.05) is 20.6 Å². The third kappa shape index (κ3) is 3.55. The Balaban J connectivity index is 2.09. The molecule has 0 aromatic carbocycles. The van der Waals surface area contributed by atoms with Crippen molar-refractivity contribution in [3.05, 3.63) is 0 Å². The molecule has 12 heavy (non-hydrogen) atoms. The van der Waals surface area contributed by atoms with Crippen LogP contribution in [0.15, 0.2) is 0 Å². The topological polar surface area (TPSA) is 23.5 Å². The predicted molar refractivity (Wildman–Crippen MR) is 51.1 cm³/mol. The Morgan fingerprint density at radius 3 is 2.25 bits per heavy atom. The normalized spacial score (nSPS) is 31.0. The van der Waals surface area contributed by atoms with E-state index in [0.717, 1.165) is 18.8 Å². The van der Waals surface area contributed by atoms with Crippen LogP contribution in [-0.4, -0.2) is 36.8 Å². The summed E-state index contributed by atoms with van der Waals surface area (Å²) in [6.07, 6.45) is 5.82. The van der Waals surface area contributed by atoms with Crippen LogP contribution >= 0.6 is 0 Å². The lowest BCUT2D eigenvalue weighted by molar-refractivity contribution is 0.104. The van der Waals surface area contributed by atoms with Gasteiger partial charge in [0.2, 0.25) is 0 Å². The van der Waals surface area contributed by atoms with Crippen molar-refractivity contribution in [3.8, 4) is 0 Å². The largest absolute Gasteiger partial charge is 0.393 e. The van der Waals surface area contributed by atoms with E-state index in [1.165, 1.54) is 25.8 Å². The van der Waals surface area contributed by atoms with E-state index < -0.39 is 0 Å². The minimum atomic E-state index is 0.000561. The highest BCUT2D eigenvalue weighted by Gasteiger charge is 2.18. The molecule has 0 aliphatic heterocycles. The highest BCUT2D eigenvalue weighted by atomic mass is 16.3. The van der Waals surface area contributed by atoms with Gasteiger partial charge in [-0.05, 0) is 58.7 Å². The fourth-order valence-electron chi connectivity index (χ4n) is 1.87. The molecular weight excluding hydrogens is 150 g/mol. The van der Waals surface area contributed by atoms with Crippen molar-refractivity contribution >= 4 is 0 Å². The molecule has 0 unspecified atom stereocenters. The lowest BCUT2D eigenvalue weighted by atomic mass is 9.85. The van der Waals surface area contributed by atoms with Gasteiger partial charge >= 0.3 is 0 Å². The van der Waals surface area contributed by atoms with E-state index in [4.69, 9.17) is 0 Å². The maximum Gasteiger partial charge on any atom is 0.0540 e. The van der Waals surface area contributed by atoms with Gasteiger partial charge in [-0.2, -0.15) is 0 Å². The summed E-state index contributed by atoms with van der Waals surface area (Å²) in [7, 11) is 4.25. The van der Waals surface area contributed by atoms with Crippen molar-refractivity contribution in [3.63, 3.8) is 0 Å². The van der Waals surface area contributed by atoms with Crippen molar-refractivity contribution < 1.29 is 5.11 Å². The van der Waals surface area contributed by atoms with Crippen LogP contribution in [0.2, 0.25) is 0 Å². The summed E-state index contributed by atoms with van der Waals surface area (Å²) in [6, 6.07) is 0. The summed E-state index contributed by atoms with van der Waals surface area (Å²) in [5, 5.41) is 9.29. The van der Waals surface area contributed by atoms with Gasteiger partial charge in [0.25, 0.3) is 0 Å². The lowest BCUT2D eigenvalue weighted by Gasteiger charge is -2.26. The number of aliphatic hydroxyl groups is 1.